The summed E-state index contributed by atoms with van der Waals surface area (Å²) in [4.78, 5) is 4.57. The Morgan fingerprint density at radius 3 is 2.43 bits per heavy atom. The third-order valence-electron chi connectivity index (χ3n) is 4.96. The number of benzene rings is 3. The van der Waals surface area contributed by atoms with Crippen LogP contribution >= 0.6 is 0 Å². The van der Waals surface area contributed by atoms with Gasteiger partial charge in [0.2, 0.25) is 0 Å². The second-order valence-corrected chi connectivity index (χ2v) is 6.74. The van der Waals surface area contributed by atoms with Crippen molar-refractivity contribution < 1.29 is 9.47 Å². The average Bonchev–Trinajstić information content (AvgIpc) is 3.16. The number of para-hydroxylation sites is 1. The Morgan fingerprint density at radius 1 is 0.964 bits per heavy atom. The number of hydrogen-bond acceptors (Lipinski definition) is 4. The van der Waals surface area contributed by atoms with Crippen molar-refractivity contribution in [1.29, 1.82) is 0 Å². The number of nitrogens with zero attached hydrogens (tertiary/aromatic N) is 2. The van der Waals surface area contributed by atoms with Crippen LogP contribution < -0.4 is 15.2 Å². The summed E-state index contributed by atoms with van der Waals surface area (Å²) in [7, 11) is 3.36. The monoisotopic (exact) mass is 373 g/mol. The Hall–Kier alpha value is -3.31. The van der Waals surface area contributed by atoms with Crippen LogP contribution in [0.15, 0.2) is 67.0 Å². The van der Waals surface area contributed by atoms with E-state index in [1.807, 2.05) is 66.3 Å². The summed E-state index contributed by atoms with van der Waals surface area (Å²) < 4.78 is 13.1. The highest BCUT2D eigenvalue weighted by Gasteiger charge is 2.15. The second-order valence-electron chi connectivity index (χ2n) is 6.74. The van der Waals surface area contributed by atoms with Crippen LogP contribution in [0, 0.1) is 0 Å². The fourth-order valence-corrected chi connectivity index (χ4v) is 3.43. The van der Waals surface area contributed by atoms with Crippen LogP contribution in [0.3, 0.4) is 0 Å². The predicted molar refractivity (Wildman–Crippen MR) is 112 cm³/mol. The number of methoxy groups -OCH3 is 2. The second kappa shape index (κ2) is 7.37. The first-order valence-electron chi connectivity index (χ1n) is 9.16. The SMILES string of the molecule is COc1ccc(-c2cccc(-n3cnc4cc([C@@H](C)N)ccc43)c2OC)cc1. The third-order valence-corrected chi connectivity index (χ3v) is 4.96. The summed E-state index contributed by atoms with van der Waals surface area (Å²) in [5.74, 6) is 1.62. The van der Waals surface area contributed by atoms with Crippen molar-refractivity contribution in [2.24, 2.45) is 5.73 Å². The molecule has 1 atom stereocenters. The summed E-state index contributed by atoms with van der Waals surface area (Å²) in [5, 5.41) is 0. The van der Waals surface area contributed by atoms with E-state index in [1.54, 1.807) is 14.2 Å². The molecular weight excluding hydrogens is 350 g/mol. The van der Waals surface area contributed by atoms with E-state index in [1.165, 1.54) is 0 Å². The summed E-state index contributed by atoms with van der Waals surface area (Å²) >= 11 is 0. The molecule has 0 fully saturated rings. The van der Waals surface area contributed by atoms with Gasteiger partial charge in [-0.05, 0) is 48.4 Å². The van der Waals surface area contributed by atoms with Crippen molar-refractivity contribution in [2.45, 2.75) is 13.0 Å². The zero-order chi connectivity index (χ0) is 19.7. The van der Waals surface area contributed by atoms with Gasteiger partial charge in [0.1, 0.15) is 12.1 Å². The van der Waals surface area contributed by atoms with Gasteiger partial charge >= 0.3 is 0 Å². The number of fused-ring (bicyclic) bond motifs is 1. The summed E-state index contributed by atoms with van der Waals surface area (Å²) in [5.41, 5.74) is 12.0. The van der Waals surface area contributed by atoms with Gasteiger partial charge in [-0.1, -0.05) is 30.3 Å². The van der Waals surface area contributed by atoms with Gasteiger partial charge in [-0.15, -0.1) is 0 Å². The zero-order valence-corrected chi connectivity index (χ0v) is 16.2. The molecule has 0 amide bonds. The van der Waals surface area contributed by atoms with Gasteiger partial charge < -0.3 is 15.2 Å². The van der Waals surface area contributed by atoms with Gasteiger partial charge in [0.25, 0.3) is 0 Å². The Balaban J connectivity index is 1.85. The minimum atomic E-state index is -0.0255. The largest absolute Gasteiger partial charge is 0.497 e. The molecule has 1 heterocycles. The molecule has 0 bridgehead atoms. The van der Waals surface area contributed by atoms with E-state index in [9.17, 15) is 0 Å². The molecule has 4 aromatic rings. The summed E-state index contributed by atoms with van der Waals surface area (Å²) in [6, 6.07) is 20.2. The van der Waals surface area contributed by atoms with E-state index in [0.29, 0.717) is 0 Å². The smallest absolute Gasteiger partial charge is 0.150 e. The van der Waals surface area contributed by atoms with Crippen molar-refractivity contribution in [2.75, 3.05) is 14.2 Å². The Labute approximate surface area is 164 Å². The van der Waals surface area contributed by atoms with Crippen LogP contribution in [0.5, 0.6) is 11.5 Å². The van der Waals surface area contributed by atoms with Crippen molar-refractivity contribution in [1.82, 2.24) is 9.55 Å². The maximum Gasteiger partial charge on any atom is 0.150 e. The number of rotatable bonds is 5. The highest BCUT2D eigenvalue weighted by atomic mass is 16.5. The molecular formula is C23H23N3O2. The molecule has 0 aliphatic rings. The molecule has 0 saturated carbocycles. The maximum atomic E-state index is 6.01. The van der Waals surface area contributed by atoms with Gasteiger partial charge in [0.05, 0.1) is 30.9 Å². The highest BCUT2D eigenvalue weighted by Crippen LogP contribution is 2.37. The molecule has 0 saturated heterocycles. The summed E-state index contributed by atoms with van der Waals surface area (Å²) in [6.07, 6.45) is 1.82. The van der Waals surface area contributed by atoms with Crippen LogP contribution in [-0.2, 0) is 0 Å². The lowest BCUT2D eigenvalue weighted by atomic mass is 10.0. The van der Waals surface area contributed by atoms with Crippen LogP contribution in [0.1, 0.15) is 18.5 Å². The first-order chi connectivity index (χ1) is 13.6. The fourth-order valence-electron chi connectivity index (χ4n) is 3.43. The van der Waals surface area contributed by atoms with Gasteiger partial charge in [-0.25, -0.2) is 4.98 Å². The number of aromatic nitrogens is 2. The minimum Gasteiger partial charge on any atom is -0.497 e. The van der Waals surface area contributed by atoms with Crippen molar-refractivity contribution in [3.8, 4) is 28.3 Å². The summed E-state index contributed by atoms with van der Waals surface area (Å²) in [6.45, 7) is 1.97. The van der Waals surface area contributed by atoms with E-state index in [2.05, 4.69) is 17.1 Å². The van der Waals surface area contributed by atoms with Gasteiger partial charge in [-0.2, -0.15) is 0 Å². The Kier molecular flexibility index (Phi) is 4.75. The topological polar surface area (TPSA) is 62.3 Å². The standard InChI is InChI=1S/C23H23N3O2/c1-15(24)17-9-12-21-20(13-17)25-14-26(21)22-6-4-5-19(23(22)28-3)16-7-10-18(27-2)11-8-16/h4-15H,24H2,1-3H3/t15-/m1/s1. The molecule has 5 nitrogen and oxygen atoms in total. The first-order valence-corrected chi connectivity index (χ1v) is 9.16. The van der Waals surface area contributed by atoms with Gasteiger partial charge in [-0.3, -0.25) is 4.57 Å². The molecule has 2 N–H and O–H groups in total. The quantitative estimate of drug-likeness (QED) is 0.549. The minimum absolute atomic E-state index is 0.0255. The molecule has 0 unspecified atom stereocenters. The number of ether oxygens (including phenoxy) is 2. The lowest BCUT2D eigenvalue weighted by molar-refractivity contribution is 0.413. The maximum absolute atomic E-state index is 6.01. The van der Waals surface area contributed by atoms with Crippen LogP contribution in [0.25, 0.3) is 27.8 Å². The normalized spacial score (nSPS) is 12.1. The fraction of sp³-hybridized carbons (Fsp3) is 0.174. The van der Waals surface area contributed by atoms with E-state index >= 15 is 0 Å². The van der Waals surface area contributed by atoms with Crippen LogP contribution in [0.4, 0.5) is 0 Å². The zero-order valence-electron chi connectivity index (χ0n) is 16.2. The molecule has 0 aliphatic carbocycles. The number of nitrogens with two attached hydrogens (primary N) is 1. The van der Waals surface area contributed by atoms with Gasteiger partial charge in [0, 0.05) is 11.6 Å². The molecule has 142 valence electrons. The molecule has 0 radical (unpaired) electrons. The Bertz CT molecular complexity index is 1110. The first kappa shape index (κ1) is 18.1. The van der Waals surface area contributed by atoms with E-state index < -0.39 is 0 Å². The van der Waals surface area contributed by atoms with E-state index in [-0.39, 0.29) is 6.04 Å². The van der Waals surface area contributed by atoms with Crippen molar-refractivity contribution in [3.05, 3.63) is 72.6 Å². The third kappa shape index (κ3) is 3.10. The molecule has 4 rings (SSSR count). The van der Waals surface area contributed by atoms with Gasteiger partial charge in [0.15, 0.2) is 5.75 Å². The van der Waals surface area contributed by atoms with E-state index in [0.717, 1.165) is 44.9 Å². The molecule has 28 heavy (non-hydrogen) atoms. The molecule has 0 spiro atoms. The predicted octanol–water partition coefficient (Wildman–Crippen LogP) is 4.73. The van der Waals surface area contributed by atoms with Crippen LogP contribution in [-0.4, -0.2) is 23.8 Å². The van der Waals surface area contributed by atoms with Crippen molar-refractivity contribution >= 4 is 11.0 Å². The molecule has 0 aliphatic heterocycles. The molecule has 1 aromatic heterocycles. The lowest BCUT2D eigenvalue weighted by Crippen LogP contribution is -2.04. The van der Waals surface area contributed by atoms with Crippen LogP contribution in [0.2, 0.25) is 0 Å². The Morgan fingerprint density at radius 2 is 1.75 bits per heavy atom. The number of imidazole rings is 1. The van der Waals surface area contributed by atoms with Crippen molar-refractivity contribution in [3.63, 3.8) is 0 Å². The lowest BCUT2D eigenvalue weighted by Gasteiger charge is -2.15. The van der Waals surface area contributed by atoms with E-state index in [4.69, 9.17) is 15.2 Å². The highest BCUT2D eigenvalue weighted by molar-refractivity contribution is 5.82. The molecule has 5 heteroatoms. The molecule has 3 aromatic carbocycles. The number of hydrogen-bond donors (Lipinski definition) is 1. The average molecular weight is 373 g/mol.